The lowest BCUT2D eigenvalue weighted by Crippen LogP contribution is -2.45. The van der Waals surface area contributed by atoms with Gasteiger partial charge in [-0.1, -0.05) is 26.0 Å². The Morgan fingerprint density at radius 2 is 1.90 bits per heavy atom. The van der Waals surface area contributed by atoms with Gasteiger partial charge in [0.25, 0.3) is 0 Å². The first-order valence-corrected chi connectivity index (χ1v) is 6.87. The SMILES string of the molecule is COc1cccc(C(C)(C)CN=C(N)NC(C)(C)C)c1. The fraction of sp³-hybridized carbons (Fsp3) is 0.562. The number of methoxy groups -OCH3 is 1. The van der Waals surface area contributed by atoms with Crippen molar-refractivity contribution in [3.05, 3.63) is 29.8 Å². The standard InChI is InChI=1S/C16H27N3O/c1-15(2,3)19-14(17)18-11-16(4,5)12-8-7-9-13(10-12)20-6/h7-10H,11H2,1-6H3,(H3,17,18,19). The quantitative estimate of drug-likeness (QED) is 0.657. The van der Waals surface area contributed by atoms with Crippen LogP contribution in [-0.2, 0) is 5.41 Å². The van der Waals surface area contributed by atoms with Crippen LogP contribution in [0.15, 0.2) is 29.3 Å². The third-order valence-corrected chi connectivity index (χ3v) is 3.00. The molecule has 0 aliphatic heterocycles. The Balaban J connectivity index is 2.81. The van der Waals surface area contributed by atoms with Gasteiger partial charge < -0.3 is 15.8 Å². The van der Waals surface area contributed by atoms with Gasteiger partial charge in [-0.15, -0.1) is 0 Å². The summed E-state index contributed by atoms with van der Waals surface area (Å²) < 4.78 is 5.27. The number of benzene rings is 1. The van der Waals surface area contributed by atoms with E-state index in [1.807, 2.05) is 18.2 Å². The van der Waals surface area contributed by atoms with Crippen LogP contribution in [0.1, 0.15) is 40.2 Å². The number of hydrogen-bond donors (Lipinski definition) is 2. The number of rotatable bonds is 4. The van der Waals surface area contributed by atoms with Crippen molar-refractivity contribution in [1.29, 1.82) is 0 Å². The lowest BCUT2D eigenvalue weighted by molar-refractivity contribution is 0.412. The summed E-state index contributed by atoms with van der Waals surface area (Å²) in [6.07, 6.45) is 0. The van der Waals surface area contributed by atoms with Gasteiger partial charge in [-0.3, -0.25) is 4.99 Å². The number of nitrogens with one attached hydrogen (secondary N) is 1. The van der Waals surface area contributed by atoms with E-state index in [1.54, 1.807) is 7.11 Å². The summed E-state index contributed by atoms with van der Waals surface area (Å²) in [5.74, 6) is 1.34. The molecular formula is C16H27N3O. The van der Waals surface area contributed by atoms with Gasteiger partial charge in [-0.05, 0) is 38.5 Å². The molecule has 0 radical (unpaired) electrons. The minimum Gasteiger partial charge on any atom is -0.497 e. The zero-order chi connectivity index (χ0) is 15.4. The van der Waals surface area contributed by atoms with Crippen LogP contribution in [-0.4, -0.2) is 25.2 Å². The monoisotopic (exact) mass is 277 g/mol. The molecule has 1 aromatic rings. The lowest BCUT2D eigenvalue weighted by atomic mass is 9.84. The summed E-state index contributed by atoms with van der Waals surface area (Å²) in [5, 5.41) is 3.17. The van der Waals surface area contributed by atoms with Gasteiger partial charge in [0.15, 0.2) is 5.96 Å². The van der Waals surface area contributed by atoms with E-state index in [0.717, 1.165) is 5.75 Å². The average molecular weight is 277 g/mol. The van der Waals surface area contributed by atoms with Crippen LogP contribution in [0.5, 0.6) is 5.75 Å². The smallest absolute Gasteiger partial charge is 0.189 e. The molecule has 0 aliphatic rings. The van der Waals surface area contributed by atoms with E-state index in [1.165, 1.54) is 5.56 Å². The first-order chi connectivity index (χ1) is 9.14. The maximum Gasteiger partial charge on any atom is 0.189 e. The summed E-state index contributed by atoms with van der Waals surface area (Å²) in [6.45, 7) is 11.1. The topological polar surface area (TPSA) is 59.6 Å². The molecule has 1 rings (SSSR count). The molecular weight excluding hydrogens is 250 g/mol. The predicted molar refractivity (Wildman–Crippen MR) is 85.4 cm³/mol. The minimum absolute atomic E-state index is 0.0757. The summed E-state index contributed by atoms with van der Waals surface area (Å²) in [7, 11) is 1.68. The van der Waals surface area contributed by atoms with Crippen molar-refractivity contribution in [3.63, 3.8) is 0 Å². The Kier molecular flexibility index (Phi) is 5.03. The zero-order valence-corrected chi connectivity index (χ0v) is 13.4. The number of nitrogens with zero attached hydrogens (tertiary/aromatic N) is 1. The fourth-order valence-corrected chi connectivity index (χ4v) is 1.84. The molecule has 0 fully saturated rings. The van der Waals surface area contributed by atoms with E-state index in [0.29, 0.717) is 12.5 Å². The number of nitrogens with two attached hydrogens (primary N) is 1. The lowest BCUT2D eigenvalue weighted by Gasteiger charge is -2.25. The van der Waals surface area contributed by atoms with Crippen LogP contribution in [0, 0.1) is 0 Å². The molecule has 1 aromatic carbocycles. The van der Waals surface area contributed by atoms with E-state index in [-0.39, 0.29) is 11.0 Å². The summed E-state index contributed by atoms with van der Waals surface area (Å²) >= 11 is 0. The van der Waals surface area contributed by atoms with Crippen molar-refractivity contribution in [2.24, 2.45) is 10.7 Å². The summed E-state index contributed by atoms with van der Waals surface area (Å²) in [5.41, 5.74) is 6.93. The highest BCUT2D eigenvalue weighted by Gasteiger charge is 2.21. The highest BCUT2D eigenvalue weighted by atomic mass is 16.5. The third kappa shape index (κ3) is 5.11. The number of hydrogen-bond acceptors (Lipinski definition) is 2. The van der Waals surface area contributed by atoms with Gasteiger partial charge in [-0.25, -0.2) is 0 Å². The van der Waals surface area contributed by atoms with Crippen molar-refractivity contribution in [2.75, 3.05) is 13.7 Å². The molecule has 0 saturated heterocycles. The van der Waals surface area contributed by atoms with Crippen LogP contribution in [0.4, 0.5) is 0 Å². The van der Waals surface area contributed by atoms with E-state index >= 15 is 0 Å². The average Bonchev–Trinajstić information content (AvgIpc) is 2.35. The predicted octanol–water partition coefficient (Wildman–Crippen LogP) is 2.68. The van der Waals surface area contributed by atoms with E-state index in [4.69, 9.17) is 10.5 Å². The Morgan fingerprint density at radius 3 is 2.45 bits per heavy atom. The fourth-order valence-electron chi connectivity index (χ4n) is 1.84. The first-order valence-electron chi connectivity index (χ1n) is 6.87. The molecule has 0 atom stereocenters. The van der Waals surface area contributed by atoms with Crippen molar-refractivity contribution >= 4 is 5.96 Å². The van der Waals surface area contributed by atoms with Gasteiger partial charge in [0.1, 0.15) is 5.75 Å². The Labute approximate surface area is 122 Å². The highest BCUT2D eigenvalue weighted by molar-refractivity contribution is 5.78. The third-order valence-electron chi connectivity index (χ3n) is 3.00. The van der Waals surface area contributed by atoms with Crippen LogP contribution >= 0.6 is 0 Å². The van der Waals surface area contributed by atoms with Gasteiger partial charge in [-0.2, -0.15) is 0 Å². The van der Waals surface area contributed by atoms with Gasteiger partial charge >= 0.3 is 0 Å². The molecule has 0 saturated carbocycles. The van der Waals surface area contributed by atoms with E-state index in [9.17, 15) is 0 Å². The molecule has 0 spiro atoms. The number of aliphatic imine (C=N–C) groups is 1. The Hall–Kier alpha value is -1.71. The molecule has 3 N–H and O–H groups in total. The molecule has 0 aromatic heterocycles. The second-order valence-corrected chi connectivity index (χ2v) is 6.69. The number of guanidine groups is 1. The summed E-state index contributed by atoms with van der Waals surface area (Å²) in [6, 6.07) is 8.07. The summed E-state index contributed by atoms with van der Waals surface area (Å²) in [4.78, 5) is 4.46. The Morgan fingerprint density at radius 1 is 1.25 bits per heavy atom. The molecule has 0 amide bonds. The van der Waals surface area contributed by atoms with E-state index in [2.05, 4.69) is 51.0 Å². The zero-order valence-electron chi connectivity index (χ0n) is 13.4. The van der Waals surface area contributed by atoms with Gasteiger partial charge in [0.05, 0.1) is 13.7 Å². The molecule has 20 heavy (non-hydrogen) atoms. The molecule has 0 bridgehead atoms. The maximum absolute atomic E-state index is 5.92. The molecule has 4 nitrogen and oxygen atoms in total. The van der Waals surface area contributed by atoms with Crippen LogP contribution in [0.2, 0.25) is 0 Å². The first kappa shape index (κ1) is 16.3. The molecule has 0 unspecified atom stereocenters. The Bertz CT molecular complexity index is 473. The largest absolute Gasteiger partial charge is 0.497 e. The maximum atomic E-state index is 5.92. The second kappa shape index (κ2) is 6.16. The van der Waals surface area contributed by atoms with Crippen LogP contribution in [0.3, 0.4) is 0 Å². The van der Waals surface area contributed by atoms with Gasteiger partial charge in [0.2, 0.25) is 0 Å². The van der Waals surface area contributed by atoms with Crippen LogP contribution in [0.25, 0.3) is 0 Å². The number of ether oxygens (including phenoxy) is 1. The van der Waals surface area contributed by atoms with Crippen molar-refractivity contribution in [2.45, 2.75) is 45.6 Å². The molecule has 0 aliphatic carbocycles. The van der Waals surface area contributed by atoms with Crippen molar-refractivity contribution < 1.29 is 4.74 Å². The van der Waals surface area contributed by atoms with Gasteiger partial charge in [0, 0.05) is 11.0 Å². The van der Waals surface area contributed by atoms with Crippen LogP contribution < -0.4 is 15.8 Å². The van der Waals surface area contributed by atoms with E-state index < -0.39 is 0 Å². The highest BCUT2D eigenvalue weighted by Crippen LogP contribution is 2.26. The molecule has 112 valence electrons. The van der Waals surface area contributed by atoms with Crippen molar-refractivity contribution in [1.82, 2.24) is 5.32 Å². The second-order valence-electron chi connectivity index (χ2n) is 6.69. The normalized spacial score (nSPS) is 13.2. The minimum atomic E-state index is -0.0985. The van der Waals surface area contributed by atoms with Crippen molar-refractivity contribution in [3.8, 4) is 5.75 Å². The molecule has 0 heterocycles. The molecule has 4 heteroatoms.